The van der Waals surface area contributed by atoms with E-state index in [1.54, 1.807) is 11.8 Å². The molecule has 1 fully saturated rings. The predicted octanol–water partition coefficient (Wildman–Crippen LogP) is 6.88. The fourth-order valence-corrected chi connectivity index (χ4v) is 8.21. The van der Waals surface area contributed by atoms with Gasteiger partial charge in [0, 0.05) is 35.5 Å². The maximum Gasteiger partial charge on any atom is 0.330 e. The summed E-state index contributed by atoms with van der Waals surface area (Å²) < 4.78 is 46.8. The van der Waals surface area contributed by atoms with Crippen LogP contribution in [0.2, 0.25) is 0 Å². The number of aromatic amines is 1. The van der Waals surface area contributed by atoms with Gasteiger partial charge in [-0.2, -0.15) is 11.8 Å². The highest BCUT2D eigenvalue weighted by atomic mass is 32.2. The summed E-state index contributed by atoms with van der Waals surface area (Å²) in [4.78, 5) is 66.0. The summed E-state index contributed by atoms with van der Waals surface area (Å²) in [5, 5.41) is 3.69. The number of esters is 2. The fourth-order valence-electron chi connectivity index (χ4n) is 6.45. The molecule has 0 radical (unpaired) electrons. The summed E-state index contributed by atoms with van der Waals surface area (Å²) >= 11 is 1.77. The van der Waals surface area contributed by atoms with E-state index >= 15 is 0 Å². The minimum atomic E-state index is -4.44. The lowest BCUT2D eigenvalue weighted by molar-refractivity contribution is -0.870. The van der Waals surface area contributed by atoms with Crippen molar-refractivity contribution in [1.29, 1.82) is 0 Å². The van der Waals surface area contributed by atoms with Crippen LogP contribution in [-0.2, 0) is 42.1 Å². The first-order chi connectivity index (χ1) is 29.1. The molecule has 18 nitrogen and oxygen atoms in total. The SMILES string of the molecule is CCCCCCCCCCCCSCC(COP(=O)([O-])OCC[N+](C)(C)C)OCCCCCCCCOC(=O)CC(=O)OC[C@H]1O[C@@H](n2cc(C)c(=O)[nH]c2=O)C[C@@H]1N=[N+]=[N-]. The number of unbranched alkanes of at least 4 members (excludes halogenated alkanes) is 14. The maximum atomic E-state index is 12.4. The average molecular weight is 905 g/mol. The summed E-state index contributed by atoms with van der Waals surface area (Å²) in [5.74, 6) is 0.0818. The molecule has 1 saturated heterocycles. The first-order valence-corrected chi connectivity index (χ1v) is 24.7. The summed E-state index contributed by atoms with van der Waals surface area (Å²) in [6, 6.07) is -0.749. The second-order valence-corrected chi connectivity index (χ2v) is 19.2. The summed E-state index contributed by atoms with van der Waals surface area (Å²) in [6.45, 7) is 4.61. The molecule has 0 spiro atoms. The number of phosphoric ester groups is 1. The van der Waals surface area contributed by atoms with Crippen LogP contribution >= 0.6 is 19.6 Å². The van der Waals surface area contributed by atoms with E-state index < -0.39 is 55.8 Å². The van der Waals surface area contributed by atoms with Gasteiger partial charge >= 0.3 is 17.6 Å². The van der Waals surface area contributed by atoms with Gasteiger partial charge < -0.3 is 37.4 Å². The van der Waals surface area contributed by atoms with E-state index in [-0.39, 0.29) is 39.0 Å². The molecule has 1 aliphatic heterocycles. The Bertz CT molecular complexity index is 1620. The Morgan fingerprint density at radius 2 is 1.56 bits per heavy atom. The van der Waals surface area contributed by atoms with E-state index in [1.807, 2.05) is 21.1 Å². The third-order valence-corrected chi connectivity index (χ3v) is 12.2. The second-order valence-electron chi connectivity index (χ2n) is 16.7. The fraction of sp³-hybridized carbons (Fsp3) is 0.854. The van der Waals surface area contributed by atoms with Crippen LogP contribution < -0.4 is 16.1 Å². The Morgan fingerprint density at radius 1 is 0.951 bits per heavy atom. The van der Waals surface area contributed by atoms with Crippen molar-refractivity contribution in [2.45, 2.75) is 154 Å². The Hall–Kier alpha value is -2.73. The van der Waals surface area contributed by atoms with Crippen LogP contribution in [0.25, 0.3) is 10.4 Å². The number of aromatic nitrogens is 2. The van der Waals surface area contributed by atoms with Gasteiger partial charge in [-0.1, -0.05) is 95.5 Å². The van der Waals surface area contributed by atoms with E-state index in [2.05, 4.69) is 21.9 Å². The van der Waals surface area contributed by atoms with Gasteiger partial charge in [0.15, 0.2) is 0 Å². The van der Waals surface area contributed by atoms with Crippen molar-refractivity contribution < 1.29 is 51.5 Å². The van der Waals surface area contributed by atoms with Gasteiger partial charge in [-0.15, -0.1) is 0 Å². The summed E-state index contributed by atoms with van der Waals surface area (Å²) in [7, 11) is 1.43. The highest BCUT2D eigenvalue weighted by Gasteiger charge is 2.37. The molecule has 5 atom stereocenters. The molecule has 2 unspecified atom stereocenters. The standard InChI is InChI=1S/C41H73N6O12PS/c1-6-7-8-9-10-11-12-15-18-21-26-61-32-34(30-58-60(52,53)57-25-22-47(3,4)5)54-23-19-16-13-14-17-20-24-55-38(48)28-39(49)56-31-36-35(44-45-42)27-37(59-36)46-29-33(2)40(50)43-41(46)51/h29,34-37H,6-28,30-32H2,1-5H3,(H-,43,50,51,52,53)/t34?,35-,36+,37+/m0/s1. The number of likely N-dealkylation sites (N-methyl/N-ethyl adjacent to an activating group) is 1. The van der Waals surface area contributed by atoms with Crippen LogP contribution in [-0.4, -0.2) is 116 Å². The van der Waals surface area contributed by atoms with Crippen molar-refractivity contribution in [3.8, 4) is 0 Å². The molecule has 1 aromatic heterocycles. The number of rotatable bonds is 36. The minimum absolute atomic E-state index is 0.0509. The van der Waals surface area contributed by atoms with Gasteiger partial charge in [0.2, 0.25) is 0 Å². The molecule has 0 bridgehead atoms. The number of ether oxygens (including phenoxy) is 4. The van der Waals surface area contributed by atoms with Gasteiger partial charge in [-0.05, 0) is 37.5 Å². The lowest BCUT2D eigenvalue weighted by Gasteiger charge is -2.28. The summed E-state index contributed by atoms with van der Waals surface area (Å²) in [5.41, 5.74) is 8.05. The van der Waals surface area contributed by atoms with Gasteiger partial charge in [-0.25, -0.2) is 4.79 Å². The number of nitrogens with one attached hydrogen (secondary N) is 1. The number of nitrogens with zero attached hydrogens (tertiary/aromatic N) is 5. The Morgan fingerprint density at radius 3 is 2.20 bits per heavy atom. The van der Waals surface area contributed by atoms with Crippen molar-refractivity contribution >= 4 is 31.5 Å². The molecule has 0 saturated carbocycles. The largest absolute Gasteiger partial charge is 0.756 e. The second kappa shape index (κ2) is 31.2. The quantitative estimate of drug-likeness (QED) is 0.0106. The molecule has 61 heavy (non-hydrogen) atoms. The Kier molecular flexibility index (Phi) is 27.8. The van der Waals surface area contributed by atoms with E-state index in [1.165, 1.54) is 75.5 Å². The number of hydrogen-bond donors (Lipinski definition) is 1. The molecule has 0 aromatic carbocycles. The van der Waals surface area contributed by atoms with Crippen LogP contribution in [0.4, 0.5) is 0 Å². The number of thioether (sulfide) groups is 1. The molecule has 1 aliphatic rings. The Balaban J connectivity index is 1.61. The topological polar surface area (TPSA) is 233 Å². The molecule has 1 N–H and O–H groups in total. The molecule has 2 rings (SSSR count). The zero-order valence-corrected chi connectivity index (χ0v) is 39.0. The lowest BCUT2D eigenvalue weighted by atomic mass is 10.1. The van der Waals surface area contributed by atoms with Crippen LogP contribution in [0.15, 0.2) is 20.9 Å². The van der Waals surface area contributed by atoms with Crippen LogP contribution in [0.1, 0.15) is 134 Å². The lowest BCUT2D eigenvalue weighted by Crippen LogP contribution is -2.37. The van der Waals surface area contributed by atoms with E-state index in [9.17, 15) is 28.6 Å². The number of aryl methyl sites for hydroxylation is 1. The molecule has 20 heteroatoms. The monoisotopic (exact) mass is 904 g/mol. The number of carbonyl (C=O) groups is 2. The number of quaternary nitrogens is 1. The zero-order chi connectivity index (χ0) is 44.9. The molecule has 0 amide bonds. The molecule has 1 aromatic rings. The third-order valence-electron chi connectivity index (χ3n) is 10.1. The minimum Gasteiger partial charge on any atom is -0.756 e. The number of hydrogen-bond acceptors (Lipinski definition) is 14. The first kappa shape index (κ1) is 54.4. The number of H-pyrrole nitrogens is 1. The third kappa shape index (κ3) is 25.8. The molecule has 2 heterocycles. The smallest absolute Gasteiger partial charge is 0.330 e. The highest BCUT2D eigenvalue weighted by molar-refractivity contribution is 7.99. The van der Waals surface area contributed by atoms with Gasteiger partial charge in [0.05, 0.1) is 46.5 Å². The molecular weight excluding hydrogens is 832 g/mol. The van der Waals surface area contributed by atoms with Crippen LogP contribution in [0, 0.1) is 6.92 Å². The predicted molar refractivity (Wildman–Crippen MR) is 233 cm³/mol. The Labute approximate surface area is 365 Å². The number of phosphoric acid groups is 1. The zero-order valence-electron chi connectivity index (χ0n) is 37.3. The van der Waals surface area contributed by atoms with Crippen molar-refractivity contribution in [1.82, 2.24) is 9.55 Å². The molecule has 0 aliphatic carbocycles. The average Bonchev–Trinajstić information content (AvgIpc) is 3.59. The van der Waals surface area contributed by atoms with E-state index in [0.717, 1.165) is 44.3 Å². The van der Waals surface area contributed by atoms with E-state index in [0.29, 0.717) is 35.4 Å². The summed E-state index contributed by atoms with van der Waals surface area (Å²) in [6.07, 6.45) is 16.7. The molecule has 350 valence electrons. The van der Waals surface area contributed by atoms with Gasteiger partial charge in [0.25, 0.3) is 13.4 Å². The normalized spacial score (nSPS) is 18.0. The van der Waals surface area contributed by atoms with Crippen molar-refractivity contribution in [3.63, 3.8) is 0 Å². The first-order valence-electron chi connectivity index (χ1n) is 22.1. The number of azide groups is 1. The maximum absolute atomic E-state index is 12.4. The number of carbonyl (C=O) groups excluding carboxylic acids is 2. The van der Waals surface area contributed by atoms with Crippen molar-refractivity contribution in [3.05, 3.63) is 43.0 Å². The van der Waals surface area contributed by atoms with Crippen molar-refractivity contribution in [2.75, 3.05) is 72.2 Å². The van der Waals surface area contributed by atoms with Crippen molar-refractivity contribution in [2.24, 2.45) is 5.11 Å². The van der Waals surface area contributed by atoms with E-state index in [4.69, 9.17) is 33.5 Å². The van der Waals surface area contributed by atoms with Crippen LogP contribution in [0.3, 0.4) is 0 Å². The highest BCUT2D eigenvalue weighted by Crippen LogP contribution is 2.38. The van der Waals surface area contributed by atoms with Gasteiger partial charge in [-0.3, -0.25) is 28.5 Å². The van der Waals surface area contributed by atoms with Crippen LogP contribution in [0.5, 0.6) is 0 Å². The molecular formula is C41H73N6O12PS. The van der Waals surface area contributed by atoms with Gasteiger partial charge in [0.1, 0.15) is 38.5 Å².